The summed E-state index contributed by atoms with van der Waals surface area (Å²) in [6.45, 7) is 8.81. The number of hydrogen-bond acceptors (Lipinski definition) is 2. The summed E-state index contributed by atoms with van der Waals surface area (Å²) >= 11 is 0. The third-order valence-corrected chi connectivity index (χ3v) is 4.14. The van der Waals surface area contributed by atoms with E-state index in [-0.39, 0.29) is 11.6 Å². The van der Waals surface area contributed by atoms with E-state index in [9.17, 15) is 5.11 Å². The minimum absolute atomic E-state index is 0.0397. The molecule has 2 heteroatoms. The number of nitrogens with zero attached hydrogens (tertiary/aromatic N) is 1. The fraction of sp³-hybridized carbons (Fsp3) is 1.00. The van der Waals surface area contributed by atoms with Gasteiger partial charge in [0, 0.05) is 5.54 Å². The van der Waals surface area contributed by atoms with E-state index >= 15 is 0 Å². The second-order valence-corrected chi connectivity index (χ2v) is 5.35. The Bertz CT molecular complexity index is 176. The highest BCUT2D eigenvalue weighted by molar-refractivity contribution is 4.93. The molecule has 98 valence electrons. The van der Waals surface area contributed by atoms with E-state index in [0.717, 1.165) is 19.3 Å². The van der Waals surface area contributed by atoms with Crippen molar-refractivity contribution in [3.05, 3.63) is 0 Å². The lowest BCUT2D eigenvalue weighted by molar-refractivity contribution is -0.0255. The van der Waals surface area contributed by atoms with Crippen molar-refractivity contribution >= 4 is 0 Å². The Morgan fingerprint density at radius 2 is 1.62 bits per heavy atom. The average Bonchev–Trinajstić information content (AvgIpc) is 2.19. The molecule has 0 spiro atoms. The van der Waals surface area contributed by atoms with Gasteiger partial charge >= 0.3 is 0 Å². The van der Waals surface area contributed by atoms with E-state index in [4.69, 9.17) is 0 Å². The van der Waals surface area contributed by atoms with Gasteiger partial charge in [0.15, 0.2) is 0 Å². The zero-order chi connectivity index (χ0) is 12.8. The maximum atomic E-state index is 10.5. The molecule has 0 bridgehead atoms. The summed E-state index contributed by atoms with van der Waals surface area (Å²) in [4.78, 5) is 2.20. The van der Waals surface area contributed by atoms with Crippen LogP contribution in [0.2, 0.25) is 0 Å². The Hall–Kier alpha value is -0.0800. The number of aliphatic hydroxyl groups excluding tert-OH is 1. The molecule has 2 unspecified atom stereocenters. The number of likely N-dealkylation sites (N-methyl/N-ethyl adjacent to an activating group) is 1. The highest BCUT2D eigenvalue weighted by atomic mass is 16.3. The first-order valence-electron chi connectivity index (χ1n) is 6.80. The largest absolute Gasteiger partial charge is 0.391 e. The van der Waals surface area contributed by atoms with Gasteiger partial charge in [0.2, 0.25) is 0 Å². The first kappa shape index (κ1) is 15.9. The highest BCUT2D eigenvalue weighted by Crippen LogP contribution is 2.30. The van der Waals surface area contributed by atoms with Crippen LogP contribution in [0.5, 0.6) is 0 Å². The monoisotopic (exact) mass is 229 g/mol. The Labute approximate surface area is 102 Å². The third kappa shape index (κ3) is 3.74. The van der Waals surface area contributed by atoms with Crippen LogP contribution in [-0.2, 0) is 0 Å². The SMILES string of the molecule is CCCC(C)CC(O)C(CC)(CC)N(C)C. The first-order valence-corrected chi connectivity index (χ1v) is 6.80. The van der Waals surface area contributed by atoms with Gasteiger partial charge in [0.25, 0.3) is 0 Å². The lowest BCUT2D eigenvalue weighted by Crippen LogP contribution is -2.53. The molecular weight excluding hydrogens is 198 g/mol. The van der Waals surface area contributed by atoms with E-state index < -0.39 is 0 Å². The first-order chi connectivity index (χ1) is 7.44. The molecule has 0 aliphatic carbocycles. The van der Waals surface area contributed by atoms with Crippen LogP contribution >= 0.6 is 0 Å². The molecule has 2 atom stereocenters. The van der Waals surface area contributed by atoms with Crippen LogP contribution in [0.4, 0.5) is 0 Å². The van der Waals surface area contributed by atoms with Crippen LogP contribution in [-0.4, -0.2) is 35.7 Å². The topological polar surface area (TPSA) is 23.5 Å². The lowest BCUT2D eigenvalue weighted by Gasteiger charge is -2.43. The molecule has 0 saturated heterocycles. The quantitative estimate of drug-likeness (QED) is 0.690. The van der Waals surface area contributed by atoms with Crippen molar-refractivity contribution in [3.63, 3.8) is 0 Å². The predicted molar refractivity (Wildman–Crippen MR) is 71.7 cm³/mol. The molecule has 0 aliphatic heterocycles. The summed E-state index contributed by atoms with van der Waals surface area (Å²) in [6.07, 6.45) is 5.16. The lowest BCUT2D eigenvalue weighted by atomic mass is 9.80. The Morgan fingerprint density at radius 3 is 1.94 bits per heavy atom. The maximum Gasteiger partial charge on any atom is 0.0725 e. The van der Waals surface area contributed by atoms with Gasteiger partial charge in [-0.2, -0.15) is 0 Å². The zero-order valence-electron chi connectivity index (χ0n) is 12.1. The second-order valence-electron chi connectivity index (χ2n) is 5.35. The number of aliphatic hydroxyl groups is 1. The highest BCUT2D eigenvalue weighted by Gasteiger charge is 2.36. The van der Waals surface area contributed by atoms with E-state index in [0.29, 0.717) is 5.92 Å². The molecule has 2 nitrogen and oxygen atoms in total. The standard InChI is InChI=1S/C14H31NO/c1-7-10-12(4)11-13(16)14(8-2,9-3)15(5)6/h12-13,16H,7-11H2,1-6H3. The summed E-state index contributed by atoms with van der Waals surface area (Å²) in [5, 5.41) is 10.5. The van der Waals surface area contributed by atoms with Gasteiger partial charge in [-0.1, -0.05) is 40.5 Å². The third-order valence-electron chi connectivity index (χ3n) is 4.14. The summed E-state index contributed by atoms with van der Waals surface area (Å²) < 4.78 is 0. The minimum Gasteiger partial charge on any atom is -0.391 e. The summed E-state index contributed by atoms with van der Waals surface area (Å²) in [5.74, 6) is 0.623. The van der Waals surface area contributed by atoms with Gasteiger partial charge in [0.1, 0.15) is 0 Å². The van der Waals surface area contributed by atoms with Gasteiger partial charge in [-0.15, -0.1) is 0 Å². The molecule has 0 aromatic carbocycles. The Morgan fingerprint density at radius 1 is 1.12 bits per heavy atom. The van der Waals surface area contributed by atoms with Crippen molar-refractivity contribution in [2.75, 3.05) is 14.1 Å². The van der Waals surface area contributed by atoms with Crippen LogP contribution in [0, 0.1) is 5.92 Å². The van der Waals surface area contributed by atoms with Crippen LogP contribution in [0.25, 0.3) is 0 Å². The van der Waals surface area contributed by atoms with Crippen molar-refractivity contribution in [2.45, 2.75) is 71.4 Å². The summed E-state index contributed by atoms with van der Waals surface area (Å²) in [5.41, 5.74) is -0.0397. The molecule has 16 heavy (non-hydrogen) atoms. The zero-order valence-corrected chi connectivity index (χ0v) is 12.1. The molecule has 0 fully saturated rings. The normalized spacial score (nSPS) is 16.5. The van der Waals surface area contributed by atoms with E-state index in [1.54, 1.807) is 0 Å². The van der Waals surface area contributed by atoms with Crippen LogP contribution in [0.15, 0.2) is 0 Å². The van der Waals surface area contributed by atoms with Gasteiger partial charge in [-0.3, -0.25) is 0 Å². The fourth-order valence-corrected chi connectivity index (χ4v) is 2.86. The minimum atomic E-state index is -0.209. The maximum absolute atomic E-state index is 10.5. The van der Waals surface area contributed by atoms with Crippen LogP contribution in [0.1, 0.15) is 59.8 Å². The molecule has 0 aromatic heterocycles. The molecule has 0 rings (SSSR count). The second kappa shape index (κ2) is 7.29. The Kier molecular flexibility index (Phi) is 7.25. The van der Waals surface area contributed by atoms with E-state index in [2.05, 4.69) is 46.7 Å². The average molecular weight is 229 g/mol. The molecular formula is C14H31NO. The Balaban J connectivity index is 4.55. The smallest absolute Gasteiger partial charge is 0.0725 e. The fourth-order valence-electron chi connectivity index (χ4n) is 2.86. The molecule has 0 saturated carbocycles. The van der Waals surface area contributed by atoms with Crippen molar-refractivity contribution in [3.8, 4) is 0 Å². The van der Waals surface area contributed by atoms with Gasteiger partial charge < -0.3 is 10.0 Å². The van der Waals surface area contributed by atoms with E-state index in [1.165, 1.54) is 12.8 Å². The van der Waals surface area contributed by atoms with E-state index in [1.807, 2.05) is 0 Å². The summed E-state index contributed by atoms with van der Waals surface area (Å²) in [7, 11) is 4.17. The molecule has 0 amide bonds. The van der Waals surface area contributed by atoms with Crippen molar-refractivity contribution < 1.29 is 5.11 Å². The van der Waals surface area contributed by atoms with Crippen molar-refractivity contribution in [1.82, 2.24) is 4.90 Å². The molecule has 0 heterocycles. The number of hydrogen-bond donors (Lipinski definition) is 1. The molecule has 0 aliphatic rings. The number of rotatable bonds is 8. The molecule has 1 N–H and O–H groups in total. The molecule has 0 radical (unpaired) electrons. The van der Waals surface area contributed by atoms with Gasteiger partial charge in [0.05, 0.1) is 6.10 Å². The van der Waals surface area contributed by atoms with Gasteiger partial charge in [-0.05, 0) is 39.3 Å². The van der Waals surface area contributed by atoms with Crippen molar-refractivity contribution in [1.29, 1.82) is 0 Å². The van der Waals surface area contributed by atoms with Crippen molar-refractivity contribution in [2.24, 2.45) is 5.92 Å². The predicted octanol–water partition coefficient (Wildman–Crippen LogP) is 3.29. The van der Waals surface area contributed by atoms with Crippen LogP contribution < -0.4 is 0 Å². The summed E-state index contributed by atoms with van der Waals surface area (Å²) in [6, 6.07) is 0. The molecule has 0 aromatic rings. The van der Waals surface area contributed by atoms with Gasteiger partial charge in [-0.25, -0.2) is 0 Å². The van der Waals surface area contributed by atoms with Crippen LogP contribution in [0.3, 0.4) is 0 Å².